The maximum Gasteiger partial charge on any atom is 0.294 e. The monoisotopic (exact) mass is 404 g/mol. The highest BCUT2D eigenvalue weighted by molar-refractivity contribution is 6.04. The third-order valence-electron chi connectivity index (χ3n) is 4.80. The number of anilines is 1. The first-order valence-corrected chi connectivity index (χ1v) is 9.28. The molecular formula is C23H20N2O5. The quantitative estimate of drug-likeness (QED) is 0.525. The molecule has 7 heteroatoms. The molecule has 2 aromatic heterocycles. The van der Waals surface area contributed by atoms with Crippen LogP contribution >= 0.6 is 0 Å². The van der Waals surface area contributed by atoms with Gasteiger partial charge in [-0.15, -0.1) is 0 Å². The zero-order valence-electron chi connectivity index (χ0n) is 16.5. The second-order valence-corrected chi connectivity index (χ2v) is 6.65. The molecule has 2 aromatic carbocycles. The van der Waals surface area contributed by atoms with Crippen LogP contribution in [0.15, 0.2) is 76.1 Å². The molecule has 152 valence electrons. The summed E-state index contributed by atoms with van der Waals surface area (Å²) in [5.41, 5.74) is 1.43. The number of amides is 1. The Bertz CT molecular complexity index is 1240. The Morgan fingerprint density at radius 3 is 2.53 bits per heavy atom. The summed E-state index contributed by atoms with van der Waals surface area (Å²) >= 11 is 0. The first-order valence-electron chi connectivity index (χ1n) is 9.28. The molecule has 0 aliphatic heterocycles. The number of aromatic nitrogens is 1. The zero-order valence-corrected chi connectivity index (χ0v) is 16.5. The van der Waals surface area contributed by atoms with Gasteiger partial charge in [-0.3, -0.25) is 9.59 Å². The molecular weight excluding hydrogens is 384 g/mol. The molecule has 4 aromatic rings. The van der Waals surface area contributed by atoms with Gasteiger partial charge in [-0.1, -0.05) is 6.07 Å². The van der Waals surface area contributed by atoms with Gasteiger partial charge >= 0.3 is 0 Å². The molecule has 1 amide bonds. The van der Waals surface area contributed by atoms with Gasteiger partial charge in [0.05, 0.1) is 27.0 Å². The molecule has 0 saturated carbocycles. The minimum atomic E-state index is -0.363. The Morgan fingerprint density at radius 1 is 1.00 bits per heavy atom. The molecule has 0 radical (unpaired) electrons. The Balaban J connectivity index is 1.78. The van der Waals surface area contributed by atoms with Gasteiger partial charge in [0.25, 0.3) is 11.5 Å². The molecule has 1 N–H and O–H groups in total. The molecule has 0 spiro atoms. The molecule has 30 heavy (non-hydrogen) atoms. The van der Waals surface area contributed by atoms with E-state index in [1.807, 2.05) is 6.07 Å². The fraction of sp³-hybridized carbons (Fsp3) is 0.130. The van der Waals surface area contributed by atoms with Crippen LogP contribution in [0, 0.1) is 0 Å². The number of carbonyl (C=O) groups is 1. The van der Waals surface area contributed by atoms with Crippen molar-refractivity contribution in [3.05, 3.63) is 88.6 Å². The van der Waals surface area contributed by atoms with E-state index in [2.05, 4.69) is 4.98 Å². The first-order chi connectivity index (χ1) is 14.6. The highest BCUT2D eigenvalue weighted by atomic mass is 16.5. The first kappa shape index (κ1) is 19.3. The van der Waals surface area contributed by atoms with Crippen molar-refractivity contribution in [2.75, 3.05) is 19.1 Å². The van der Waals surface area contributed by atoms with Gasteiger partial charge in [-0.2, -0.15) is 0 Å². The lowest BCUT2D eigenvalue weighted by molar-refractivity contribution is 0.0958. The summed E-state index contributed by atoms with van der Waals surface area (Å²) in [5.74, 6) is 1.09. The van der Waals surface area contributed by atoms with Crippen molar-refractivity contribution in [1.82, 2.24) is 4.98 Å². The molecule has 7 nitrogen and oxygen atoms in total. The summed E-state index contributed by atoms with van der Waals surface area (Å²) in [6, 6.07) is 17.5. The number of fused-ring (bicyclic) bond motifs is 1. The van der Waals surface area contributed by atoms with Gasteiger partial charge in [0.1, 0.15) is 11.5 Å². The molecule has 4 rings (SSSR count). The van der Waals surface area contributed by atoms with E-state index in [1.165, 1.54) is 11.2 Å². The predicted octanol–water partition coefficient (Wildman–Crippen LogP) is 3.99. The Kier molecular flexibility index (Phi) is 5.26. The second kappa shape index (κ2) is 8.16. The summed E-state index contributed by atoms with van der Waals surface area (Å²) in [4.78, 5) is 30.2. The number of aromatic amines is 1. The number of nitrogens with one attached hydrogen (secondary N) is 1. The third-order valence-corrected chi connectivity index (χ3v) is 4.80. The van der Waals surface area contributed by atoms with E-state index in [4.69, 9.17) is 13.9 Å². The minimum absolute atomic E-state index is 0.0508. The maximum absolute atomic E-state index is 13.1. The Morgan fingerprint density at radius 2 is 1.80 bits per heavy atom. The van der Waals surface area contributed by atoms with Crippen molar-refractivity contribution in [2.45, 2.75) is 6.54 Å². The predicted molar refractivity (Wildman–Crippen MR) is 113 cm³/mol. The van der Waals surface area contributed by atoms with Crippen molar-refractivity contribution in [3.63, 3.8) is 0 Å². The van der Waals surface area contributed by atoms with Crippen molar-refractivity contribution >= 4 is 22.5 Å². The van der Waals surface area contributed by atoms with Gasteiger partial charge in [0, 0.05) is 28.2 Å². The number of hydrogen-bond acceptors (Lipinski definition) is 5. The summed E-state index contributed by atoms with van der Waals surface area (Å²) in [7, 11) is 3.14. The van der Waals surface area contributed by atoms with Gasteiger partial charge in [-0.25, -0.2) is 0 Å². The van der Waals surface area contributed by atoms with Crippen molar-refractivity contribution < 1.29 is 18.7 Å². The number of H-pyrrole nitrogens is 1. The average Bonchev–Trinajstić information content (AvgIpc) is 3.32. The smallest absolute Gasteiger partial charge is 0.294 e. The average molecular weight is 404 g/mol. The van der Waals surface area contributed by atoms with Crippen LogP contribution in [0.3, 0.4) is 0 Å². The van der Waals surface area contributed by atoms with Crippen LogP contribution in [0.4, 0.5) is 5.69 Å². The highest BCUT2D eigenvalue weighted by Crippen LogP contribution is 2.25. The van der Waals surface area contributed by atoms with E-state index >= 15 is 0 Å². The van der Waals surface area contributed by atoms with Gasteiger partial charge < -0.3 is 23.8 Å². The minimum Gasteiger partial charge on any atom is -0.497 e. The number of furan rings is 1. The Hall–Kier alpha value is -4.00. The van der Waals surface area contributed by atoms with E-state index in [0.29, 0.717) is 28.3 Å². The lowest BCUT2D eigenvalue weighted by Crippen LogP contribution is -2.32. The van der Waals surface area contributed by atoms with Crippen LogP contribution in [0.2, 0.25) is 0 Å². The number of ether oxygens (including phenoxy) is 2. The van der Waals surface area contributed by atoms with Crippen molar-refractivity contribution in [3.8, 4) is 11.5 Å². The summed E-state index contributed by atoms with van der Waals surface area (Å²) in [6.07, 6.45) is 1.44. The van der Waals surface area contributed by atoms with Gasteiger partial charge in [0.15, 0.2) is 5.76 Å². The Labute approximate surface area is 172 Å². The SMILES string of the molecule is COc1cccc(N(Cc2cc3cc(OC)ccc3[nH]c2=O)C(=O)c2ccco2)c1. The van der Waals surface area contributed by atoms with E-state index in [1.54, 1.807) is 68.8 Å². The molecule has 0 fully saturated rings. The summed E-state index contributed by atoms with van der Waals surface area (Å²) < 4.78 is 15.9. The zero-order chi connectivity index (χ0) is 21.1. The van der Waals surface area contributed by atoms with Gasteiger partial charge in [0.2, 0.25) is 0 Å². The fourth-order valence-corrected chi connectivity index (χ4v) is 3.24. The number of benzene rings is 2. The molecule has 0 atom stereocenters. The molecule has 0 saturated heterocycles. The number of pyridine rings is 1. The van der Waals surface area contributed by atoms with Crippen LogP contribution < -0.4 is 19.9 Å². The lowest BCUT2D eigenvalue weighted by Gasteiger charge is -2.22. The van der Waals surface area contributed by atoms with Crippen LogP contribution in [-0.2, 0) is 6.54 Å². The molecule has 0 bridgehead atoms. The topological polar surface area (TPSA) is 84.8 Å². The highest BCUT2D eigenvalue weighted by Gasteiger charge is 2.22. The van der Waals surface area contributed by atoms with Crippen molar-refractivity contribution in [1.29, 1.82) is 0 Å². The van der Waals surface area contributed by atoms with Crippen molar-refractivity contribution in [2.24, 2.45) is 0 Å². The summed E-state index contributed by atoms with van der Waals surface area (Å²) in [6.45, 7) is 0.0508. The third kappa shape index (κ3) is 3.77. The normalized spacial score (nSPS) is 10.7. The number of nitrogens with zero attached hydrogens (tertiary/aromatic N) is 1. The lowest BCUT2D eigenvalue weighted by atomic mass is 10.1. The number of carbonyl (C=O) groups excluding carboxylic acids is 1. The molecule has 0 unspecified atom stereocenters. The van der Waals surface area contributed by atoms with E-state index in [0.717, 1.165) is 5.39 Å². The summed E-state index contributed by atoms with van der Waals surface area (Å²) in [5, 5.41) is 0.806. The van der Waals surface area contributed by atoms with E-state index in [-0.39, 0.29) is 23.8 Å². The maximum atomic E-state index is 13.1. The van der Waals surface area contributed by atoms with Crippen LogP contribution in [0.1, 0.15) is 16.1 Å². The fourth-order valence-electron chi connectivity index (χ4n) is 3.24. The molecule has 0 aliphatic carbocycles. The largest absolute Gasteiger partial charge is 0.497 e. The number of rotatable bonds is 6. The standard InChI is InChI=1S/C23H20N2O5/c1-28-18-6-3-5-17(13-18)25(23(27)21-7-4-10-30-21)14-16-11-15-12-19(29-2)8-9-20(15)24-22(16)26/h3-13H,14H2,1-2H3,(H,24,26). The van der Waals surface area contributed by atoms with Crippen LogP contribution in [0.5, 0.6) is 11.5 Å². The van der Waals surface area contributed by atoms with E-state index in [9.17, 15) is 9.59 Å². The van der Waals surface area contributed by atoms with Gasteiger partial charge in [-0.05, 0) is 48.5 Å². The number of hydrogen-bond donors (Lipinski definition) is 1. The van der Waals surface area contributed by atoms with Crippen LogP contribution in [-0.4, -0.2) is 25.1 Å². The second-order valence-electron chi connectivity index (χ2n) is 6.65. The number of methoxy groups -OCH3 is 2. The van der Waals surface area contributed by atoms with E-state index < -0.39 is 0 Å². The van der Waals surface area contributed by atoms with Crippen LogP contribution in [0.25, 0.3) is 10.9 Å². The molecule has 2 heterocycles. The molecule has 0 aliphatic rings.